The van der Waals surface area contributed by atoms with E-state index in [1.54, 1.807) is 0 Å². The van der Waals surface area contributed by atoms with Gasteiger partial charge in [-0.05, 0) is 36.1 Å². The maximum Gasteiger partial charge on any atom is 0.0552 e. The summed E-state index contributed by atoms with van der Waals surface area (Å²) in [4.78, 5) is 0. The van der Waals surface area contributed by atoms with Gasteiger partial charge in [0, 0.05) is 20.2 Å². The second kappa shape index (κ2) is 5.80. The lowest BCUT2D eigenvalue weighted by Gasteiger charge is -2.07. The molecule has 1 atom stereocenters. The fourth-order valence-corrected chi connectivity index (χ4v) is 4.37. The van der Waals surface area contributed by atoms with E-state index in [-0.39, 0.29) is 6.10 Å². The molecule has 1 nitrogen and oxygen atoms in total. The molecule has 1 aromatic heterocycles. The van der Waals surface area contributed by atoms with Crippen LogP contribution < -0.4 is 0 Å². The number of hydrogen-bond donors (Lipinski definition) is 1. The van der Waals surface area contributed by atoms with Gasteiger partial charge in [-0.2, -0.15) is 0 Å². The van der Waals surface area contributed by atoms with Gasteiger partial charge >= 0.3 is 0 Å². The van der Waals surface area contributed by atoms with E-state index >= 15 is 0 Å². The van der Waals surface area contributed by atoms with Crippen LogP contribution in [0.4, 0.5) is 0 Å². The highest BCUT2D eigenvalue weighted by Crippen LogP contribution is 2.39. The van der Waals surface area contributed by atoms with Gasteiger partial charge in [0.1, 0.15) is 0 Å². The highest BCUT2D eigenvalue weighted by Gasteiger charge is 2.10. The van der Waals surface area contributed by atoms with Crippen LogP contribution >= 0.6 is 11.3 Å². The van der Waals surface area contributed by atoms with E-state index in [1.807, 2.05) is 18.3 Å². The number of rotatable bonds is 3. The first-order valence-electron chi connectivity index (χ1n) is 7.90. The Morgan fingerprint density at radius 2 is 1.61 bits per heavy atom. The van der Waals surface area contributed by atoms with Gasteiger partial charge in [-0.15, -0.1) is 11.3 Å². The summed E-state index contributed by atoms with van der Waals surface area (Å²) in [5, 5.41) is 12.2. The number of hydrogen-bond acceptors (Lipinski definition) is 2. The maximum atomic E-state index is 9.52. The number of aliphatic hydroxyl groups excluding tert-OH is 1. The van der Waals surface area contributed by atoms with Crippen molar-refractivity contribution in [1.29, 1.82) is 0 Å². The first kappa shape index (κ1) is 14.4. The van der Waals surface area contributed by atoms with Crippen LogP contribution in [0.25, 0.3) is 31.3 Å². The van der Waals surface area contributed by atoms with Crippen LogP contribution in [0.1, 0.15) is 12.5 Å². The quantitative estimate of drug-likeness (QED) is 0.518. The molecule has 0 aliphatic rings. The molecule has 0 aliphatic heterocycles. The SMILES string of the molecule is C[C@@H](O)Cc1ccc(-c2cccc3c2sc2ccccc23)cc1. The lowest BCUT2D eigenvalue weighted by molar-refractivity contribution is 0.195. The Labute approximate surface area is 139 Å². The van der Waals surface area contributed by atoms with Gasteiger partial charge in [0.15, 0.2) is 0 Å². The molecule has 2 heteroatoms. The number of aliphatic hydroxyl groups is 1. The summed E-state index contributed by atoms with van der Waals surface area (Å²) in [7, 11) is 0. The van der Waals surface area contributed by atoms with Crippen LogP contribution in [0.15, 0.2) is 66.7 Å². The average Bonchev–Trinajstić information content (AvgIpc) is 2.94. The molecular weight excluding hydrogens is 300 g/mol. The molecule has 0 bridgehead atoms. The topological polar surface area (TPSA) is 20.2 Å². The smallest absolute Gasteiger partial charge is 0.0552 e. The van der Waals surface area contributed by atoms with Gasteiger partial charge < -0.3 is 5.11 Å². The maximum absolute atomic E-state index is 9.52. The molecular formula is C21H18OS. The Morgan fingerprint density at radius 1 is 0.870 bits per heavy atom. The first-order chi connectivity index (χ1) is 11.2. The molecule has 4 rings (SSSR count). The highest BCUT2D eigenvalue weighted by atomic mass is 32.1. The standard InChI is InChI=1S/C21H18OS/c1-14(22)13-15-9-11-16(12-10-15)17-6-4-7-19-18-5-2-3-8-20(18)23-21(17)19/h2-12,14,22H,13H2,1H3/t14-/m1/s1. The Bertz CT molecular complexity index is 964. The molecule has 1 heterocycles. The van der Waals surface area contributed by atoms with Crippen LogP contribution in [0.5, 0.6) is 0 Å². The minimum absolute atomic E-state index is 0.299. The van der Waals surface area contributed by atoms with Crippen LogP contribution in [-0.4, -0.2) is 11.2 Å². The molecule has 1 N–H and O–H groups in total. The highest BCUT2D eigenvalue weighted by molar-refractivity contribution is 7.26. The lowest BCUT2D eigenvalue weighted by Crippen LogP contribution is -2.03. The van der Waals surface area contributed by atoms with Crippen molar-refractivity contribution in [3.05, 3.63) is 72.3 Å². The molecule has 23 heavy (non-hydrogen) atoms. The first-order valence-corrected chi connectivity index (χ1v) is 8.71. The summed E-state index contributed by atoms with van der Waals surface area (Å²) in [6.45, 7) is 1.83. The molecule has 0 unspecified atom stereocenters. The van der Waals surface area contributed by atoms with E-state index in [0.29, 0.717) is 6.42 Å². The molecule has 0 radical (unpaired) electrons. The lowest BCUT2D eigenvalue weighted by atomic mass is 10.00. The van der Waals surface area contributed by atoms with E-state index in [0.717, 1.165) is 0 Å². The van der Waals surface area contributed by atoms with Gasteiger partial charge in [-0.1, -0.05) is 60.7 Å². The third-order valence-corrected chi connectivity index (χ3v) is 5.42. The van der Waals surface area contributed by atoms with Gasteiger partial charge in [-0.3, -0.25) is 0 Å². The number of fused-ring (bicyclic) bond motifs is 3. The predicted octanol–water partition coefficient (Wildman–Crippen LogP) is 5.64. The normalized spacial score (nSPS) is 12.8. The predicted molar refractivity (Wildman–Crippen MR) is 100 cm³/mol. The van der Waals surface area contributed by atoms with Crippen LogP contribution in [0, 0.1) is 0 Å². The van der Waals surface area contributed by atoms with Crippen molar-refractivity contribution in [2.75, 3.05) is 0 Å². The zero-order valence-corrected chi connectivity index (χ0v) is 13.8. The number of thiophene rings is 1. The minimum atomic E-state index is -0.299. The summed E-state index contributed by atoms with van der Waals surface area (Å²) in [5.41, 5.74) is 3.69. The summed E-state index contributed by atoms with van der Waals surface area (Å²) in [6.07, 6.45) is 0.403. The second-order valence-electron chi connectivity index (χ2n) is 6.03. The van der Waals surface area contributed by atoms with E-state index in [9.17, 15) is 5.11 Å². The van der Waals surface area contributed by atoms with Gasteiger partial charge in [-0.25, -0.2) is 0 Å². The van der Waals surface area contributed by atoms with Gasteiger partial charge in [0.05, 0.1) is 6.10 Å². The van der Waals surface area contributed by atoms with E-state index in [1.165, 1.54) is 36.9 Å². The Kier molecular flexibility index (Phi) is 3.64. The van der Waals surface area contributed by atoms with E-state index in [4.69, 9.17) is 0 Å². The number of benzene rings is 3. The molecule has 0 aliphatic carbocycles. The van der Waals surface area contributed by atoms with Crippen molar-refractivity contribution in [3.63, 3.8) is 0 Å². The Balaban J connectivity index is 1.85. The van der Waals surface area contributed by atoms with E-state index in [2.05, 4.69) is 66.7 Å². The summed E-state index contributed by atoms with van der Waals surface area (Å²) >= 11 is 1.86. The molecule has 4 aromatic rings. The molecule has 0 spiro atoms. The largest absolute Gasteiger partial charge is 0.393 e. The molecule has 0 saturated carbocycles. The Hall–Kier alpha value is -2.16. The van der Waals surface area contributed by atoms with Crippen molar-refractivity contribution in [2.45, 2.75) is 19.4 Å². The fraction of sp³-hybridized carbons (Fsp3) is 0.143. The fourth-order valence-electron chi connectivity index (χ4n) is 3.14. The minimum Gasteiger partial charge on any atom is -0.393 e. The summed E-state index contributed by atoms with van der Waals surface area (Å²) in [6, 6.07) is 23.7. The molecule has 0 saturated heterocycles. The zero-order chi connectivity index (χ0) is 15.8. The van der Waals surface area contributed by atoms with E-state index < -0.39 is 0 Å². The molecule has 3 aromatic carbocycles. The molecule has 0 amide bonds. The van der Waals surface area contributed by atoms with Crippen molar-refractivity contribution >= 4 is 31.5 Å². The van der Waals surface area contributed by atoms with Gasteiger partial charge in [0.2, 0.25) is 0 Å². The summed E-state index contributed by atoms with van der Waals surface area (Å²) < 4.78 is 2.68. The van der Waals surface area contributed by atoms with Crippen LogP contribution in [0.2, 0.25) is 0 Å². The van der Waals surface area contributed by atoms with Crippen LogP contribution in [-0.2, 0) is 6.42 Å². The average molecular weight is 318 g/mol. The molecule has 114 valence electrons. The van der Waals surface area contributed by atoms with Crippen molar-refractivity contribution in [3.8, 4) is 11.1 Å². The van der Waals surface area contributed by atoms with Crippen molar-refractivity contribution < 1.29 is 5.11 Å². The van der Waals surface area contributed by atoms with Crippen molar-refractivity contribution in [2.24, 2.45) is 0 Å². The monoisotopic (exact) mass is 318 g/mol. The third-order valence-electron chi connectivity index (χ3n) is 4.20. The second-order valence-corrected chi connectivity index (χ2v) is 7.08. The Morgan fingerprint density at radius 3 is 2.39 bits per heavy atom. The zero-order valence-electron chi connectivity index (χ0n) is 13.0. The molecule has 0 fully saturated rings. The van der Waals surface area contributed by atoms with Gasteiger partial charge in [0.25, 0.3) is 0 Å². The summed E-state index contributed by atoms with van der Waals surface area (Å²) in [5.74, 6) is 0. The van der Waals surface area contributed by atoms with Crippen molar-refractivity contribution in [1.82, 2.24) is 0 Å². The third kappa shape index (κ3) is 2.65. The van der Waals surface area contributed by atoms with Crippen LogP contribution in [0.3, 0.4) is 0 Å².